The summed E-state index contributed by atoms with van der Waals surface area (Å²) in [6.45, 7) is 4.00. The number of fused-ring (bicyclic) bond motifs is 3. The lowest BCUT2D eigenvalue weighted by Crippen LogP contribution is -2.49. The number of carboxylic acids is 1. The monoisotopic (exact) mass is 432 g/mol. The Labute approximate surface area is 181 Å². The lowest BCUT2D eigenvalue weighted by atomic mass is 9.58. The van der Waals surface area contributed by atoms with Crippen molar-refractivity contribution in [2.75, 3.05) is 5.32 Å². The van der Waals surface area contributed by atoms with Crippen LogP contribution in [0.4, 0.5) is 5.00 Å². The van der Waals surface area contributed by atoms with Crippen molar-refractivity contribution in [3.05, 3.63) is 16.0 Å². The number of thiophene rings is 1. The quantitative estimate of drug-likeness (QED) is 0.622. The standard InChI is InChI=1S/C23H32N2O4S/c1-3-16-12(2)30-22(19(16)21(27)24-15-6-4-5-7-15)25-20(26)17-13-8-10-14(11-9-13)18(17)23(28)29/h13-15,17-18H,3-11H2,1-2H3,(H,24,27)(H,25,26)(H,28,29)/t13?,14?,17-,18-/m1/s1. The average molecular weight is 433 g/mol. The number of nitrogens with one attached hydrogen (secondary N) is 2. The second-order valence-corrected chi connectivity index (χ2v) is 10.4. The molecule has 4 aliphatic rings. The van der Waals surface area contributed by atoms with Gasteiger partial charge in [-0.2, -0.15) is 0 Å². The van der Waals surface area contributed by atoms with Gasteiger partial charge in [0.2, 0.25) is 5.91 Å². The molecule has 0 saturated heterocycles. The average Bonchev–Trinajstić information content (AvgIpc) is 3.34. The van der Waals surface area contributed by atoms with Crippen molar-refractivity contribution < 1.29 is 19.5 Å². The van der Waals surface area contributed by atoms with E-state index in [0.29, 0.717) is 10.6 Å². The number of hydrogen-bond acceptors (Lipinski definition) is 4. The van der Waals surface area contributed by atoms with Crippen LogP contribution in [0.2, 0.25) is 0 Å². The van der Waals surface area contributed by atoms with Gasteiger partial charge in [0.25, 0.3) is 5.91 Å². The molecular weight excluding hydrogens is 400 g/mol. The Morgan fingerprint density at radius 2 is 1.60 bits per heavy atom. The molecule has 0 unspecified atom stereocenters. The summed E-state index contributed by atoms with van der Waals surface area (Å²) in [5.41, 5.74) is 1.55. The summed E-state index contributed by atoms with van der Waals surface area (Å²) in [5.74, 6) is -2.11. The predicted octanol–water partition coefficient (Wildman–Crippen LogP) is 4.37. The van der Waals surface area contributed by atoms with Crippen LogP contribution in [0.3, 0.4) is 0 Å². The molecular formula is C23H32N2O4S. The third-order valence-electron chi connectivity index (χ3n) is 7.52. The summed E-state index contributed by atoms with van der Waals surface area (Å²) in [7, 11) is 0. The third kappa shape index (κ3) is 3.88. The maximum absolute atomic E-state index is 13.3. The molecule has 30 heavy (non-hydrogen) atoms. The number of rotatable bonds is 6. The molecule has 4 fully saturated rings. The molecule has 2 atom stereocenters. The highest BCUT2D eigenvalue weighted by Gasteiger charge is 2.50. The topological polar surface area (TPSA) is 95.5 Å². The molecule has 1 heterocycles. The minimum atomic E-state index is -0.861. The third-order valence-corrected chi connectivity index (χ3v) is 8.59. The Kier molecular flexibility index (Phi) is 6.19. The molecule has 1 aromatic heterocycles. The molecule has 2 amide bonds. The van der Waals surface area contributed by atoms with Gasteiger partial charge in [-0.3, -0.25) is 14.4 Å². The van der Waals surface area contributed by atoms with Gasteiger partial charge in [0, 0.05) is 10.9 Å². The Bertz CT molecular complexity index is 835. The van der Waals surface area contributed by atoms with Crippen LogP contribution >= 0.6 is 11.3 Å². The van der Waals surface area contributed by atoms with Crippen molar-refractivity contribution in [2.24, 2.45) is 23.7 Å². The van der Waals surface area contributed by atoms with E-state index in [2.05, 4.69) is 10.6 Å². The maximum atomic E-state index is 13.3. The van der Waals surface area contributed by atoms with Crippen molar-refractivity contribution >= 4 is 34.1 Å². The SMILES string of the molecule is CCc1c(C)sc(NC(=O)[C@@H]2C3CCC(CC3)[C@H]2C(=O)O)c1C(=O)NC1CCCC1. The maximum Gasteiger partial charge on any atom is 0.307 e. The van der Waals surface area contributed by atoms with Crippen molar-refractivity contribution in [3.8, 4) is 0 Å². The Balaban J connectivity index is 1.58. The minimum Gasteiger partial charge on any atom is -0.481 e. The summed E-state index contributed by atoms with van der Waals surface area (Å²) < 4.78 is 0. The molecule has 4 saturated carbocycles. The zero-order valence-electron chi connectivity index (χ0n) is 17.8. The van der Waals surface area contributed by atoms with Gasteiger partial charge >= 0.3 is 5.97 Å². The molecule has 1 aromatic rings. The number of amides is 2. The number of anilines is 1. The van der Waals surface area contributed by atoms with Crippen molar-refractivity contribution in [3.63, 3.8) is 0 Å². The van der Waals surface area contributed by atoms with Gasteiger partial charge < -0.3 is 15.7 Å². The van der Waals surface area contributed by atoms with Crippen LogP contribution in [-0.2, 0) is 16.0 Å². The summed E-state index contributed by atoms with van der Waals surface area (Å²) >= 11 is 1.43. The summed E-state index contributed by atoms with van der Waals surface area (Å²) in [6, 6.07) is 0.205. The van der Waals surface area contributed by atoms with Gasteiger partial charge in [0.15, 0.2) is 0 Å². The predicted molar refractivity (Wildman–Crippen MR) is 117 cm³/mol. The molecule has 7 heteroatoms. The van der Waals surface area contributed by atoms with Gasteiger partial charge in [0.1, 0.15) is 5.00 Å². The van der Waals surface area contributed by atoms with E-state index < -0.39 is 17.8 Å². The zero-order chi connectivity index (χ0) is 21.4. The van der Waals surface area contributed by atoms with Crippen molar-refractivity contribution in [2.45, 2.75) is 77.7 Å². The first kappa shape index (κ1) is 21.3. The van der Waals surface area contributed by atoms with E-state index in [1.54, 1.807) is 0 Å². The van der Waals surface area contributed by atoms with Crippen molar-refractivity contribution in [1.82, 2.24) is 5.32 Å². The normalized spacial score (nSPS) is 28.5. The summed E-state index contributed by atoms with van der Waals surface area (Å²) in [4.78, 5) is 39.4. The highest BCUT2D eigenvalue weighted by atomic mass is 32.1. The highest BCUT2D eigenvalue weighted by molar-refractivity contribution is 7.16. The van der Waals surface area contributed by atoms with Crippen LogP contribution in [0.1, 0.15) is 79.1 Å². The van der Waals surface area contributed by atoms with Gasteiger partial charge in [-0.15, -0.1) is 11.3 Å². The minimum absolute atomic E-state index is 0.0876. The first-order chi connectivity index (χ1) is 14.4. The van der Waals surface area contributed by atoms with E-state index in [1.165, 1.54) is 11.3 Å². The fraction of sp³-hybridized carbons (Fsp3) is 0.696. The van der Waals surface area contributed by atoms with E-state index in [-0.39, 0.29) is 29.7 Å². The Hall–Kier alpha value is -1.89. The smallest absolute Gasteiger partial charge is 0.307 e. The molecule has 0 aliphatic heterocycles. The highest BCUT2D eigenvalue weighted by Crippen LogP contribution is 2.49. The first-order valence-corrected chi connectivity index (χ1v) is 12.2. The van der Waals surface area contributed by atoms with Crippen LogP contribution in [0.5, 0.6) is 0 Å². The molecule has 164 valence electrons. The van der Waals surface area contributed by atoms with Crippen LogP contribution < -0.4 is 10.6 Å². The molecule has 0 spiro atoms. The Morgan fingerprint density at radius 1 is 1.00 bits per heavy atom. The number of carbonyl (C=O) groups is 3. The summed E-state index contributed by atoms with van der Waals surface area (Å²) in [5, 5.41) is 16.5. The van der Waals surface area contributed by atoms with Crippen LogP contribution in [0.15, 0.2) is 0 Å². The molecule has 0 aromatic carbocycles. The second kappa shape index (κ2) is 8.69. The number of carbonyl (C=O) groups excluding carboxylic acids is 2. The lowest BCUT2D eigenvalue weighted by molar-refractivity contribution is -0.156. The molecule has 0 radical (unpaired) electrons. The largest absolute Gasteiger partial charge is 0.481 e. The van der Waals surface area contributed by atoms with Gasteiger partial charge in [-0.25, -0.2) is 0 Å². The zero-order valence-corrected chi connectivity index (χ0v) is 18.6. The van der Waals surface area contributed by atoms with E-state index in [4.69, 9.17) is 0 Å². The van der Waals surface area contributed by atoms with E-state index in [1.807, 2.05) is 13.8 Å². The molecule has 3 N–H and O–H groups in total. The number of aryl methyl sites for hydroxylation is 1. The Morgan fingerprint density at radius 3 is 2.17 bits per heavy atom. The fourth-order valence-electron chi connectivity index (χ4n) is 6.04. The van der Waals surface area contributed by atoms with E-state index >= 15 is 0 Å². The molecule has 2 bridgehead atoms. The van der Waals surface area contributed by atoms with Crippen molar-refractivity contribution in [1.29, 1.82) is 0 Å². The molecule has 6 nitrogen and oxygen atoms in total. The molecule has 4 aliphatic carbocycles. The van der Waals surface area contributed by atoms with E-state index in [9.17, 15) is 19.5 Å². The number of aliphatic carboxylic acids is 1. The van der Waals surface area contributed by atoms with Crippen LogP contribution in [-0.4, -0.2) is 28.9 Å². The first-order valence-electron chi connectivity index (χ1n) is 11.4. The molecule has 5 rings (SSSR count). The van der Waals surface area contributed by atoms with Gasteiger partial charge in [0.05, 0.1) is 17.4 Å². The van der Waals surface area contributed by atoms with E-state index in [0.717, 1.165) is 68.2 Å². The summed E-state index contributed by atoms with van der Waals surface area (Å²) in [6.07, 6.45) is 8.65. The van der Waals surface area contributed by atoms with Crippen LogP contribution in [0, 0.1) is 30.6 Å². The van der Waals surface area contributed by atoms with Gasteiger partial charge in [-0.1, -0.05) is 19.8 Å². The fourth-order valence-corrected chi connectivity index (χ4v) is 7.18. The second-order valence-electron chi connectivity index (χ2n) is 9.20. The lowest BCUT2D eigenvalue weighted by Gasteiger charge is -2.45. The number of hydrogen-bond donors (Lipinski definition) is 3. The van der Waals surface area contributed by atoms with Crippen LogP contribution in [0.25, 0.3) is 0 Å². The number of carboxylic acid groups (broad SMARTS) is 1. The van der Waals surface area contributed by atoms with Gasteiger partial charge in [-0.05, 0) is 69.3 Å².